The van der Waals surface area contributed by atoms with Crippen molar-refractivity contribution in [2.24, 2.45) is 5.92 Å². The minimum absolute atomic E-state index is 0.515. The molecule has 1 atom stereocenters. The lowest BCUT2D eigenvalue weighted by molar-refractivity contribution is -0.137. The maximum atomic E-state index is 12.2. The minimum Gasteiger partial charge on any atom is -0.166 e. The molecule has 0 aromatic heterocycles. The van der Waals surface area contributed by atoms with Crippen molar-refractivity contribution in [3.05, 3.63) is 35.4 Å². The van der Waals surface area contributed by atoms with Crippen LogP contribution in [0.15, 0.2) is 24.3 Å². The molecule has 0 saturated heterocycles. The van der Waals surface area contributed by atoms with Crippen molar-refractivity contribution in [2.75, 3.05) is 0 Å². The van der Waals surface area contributed by atoms with Crippen molar-refractivity contribution >= 4 is 0 Å². The number of alkyl halides is 3. The molecule has 0 amide bonds. The van der Waals surface area contributed by atoms with E-state index in [9.17, 15) is 13.2 Å². The molecule has 3 heteroatoms. The van der Waals surface area contributed by atoms with E-state index in [1.807, 2.05) is 0 Å². The molecule has 0 bridgehead atoms. The van der Waals surface area contributed by atoms with Crippen LogP contribution >= 0.6 is 0 Å². The largest absolute Gasteiger partial charge is 0.416 e. The summed E-state index contributed by atoms with van der Waals surface area (Å²) in [6.45, 7) is 4.17. The van der Waals surface area contributed by atoms with E-state index in [1.54, 1.807) is 12.1 Å². The van der Waals surface area contributed by atoms with E-state index in [4.69, 9.17) is 0 Å². The van der Waals surface area contributed by atoms with Crippen LogP contribution in [0, 0.1) is 5.92 Å². The maximum absolute atomic E-state index is 12.2. The molecular formula is C12H15F3. The van der Waals surface area contributed by atoms with Gasteiger partial charge >= 0.3 is 6.18 Å². The summed E-state index contributed by atoms with van der Waals surface area (Å²) < 4.78 is 36.7. The molecule has 1 rings (SSSR count). The molecule has 0 radical (unpaired) electrons. The van der Waals surface area contributed by atoms with Crippen molar-refractivity contribution in [1.82, 2.24) is 0 Å². The van der Waals surface area contributed by atoms with Gasteiger partial charge in [-0.25, -0.2) is 0 Å². The minimum atomic E-state index is -4.23. The van der Waals surface area contributed by atoms with Crippen molar-refractivity contribution in [3.8, 4) is 0 Å². The Morgan fingerprint density at radius 1 is 1.13 bits per heavy atom. The SMILES string of the molecule is CC[C@@H](C)Cc1ccc(C(F)(F)F)cc1. The standard InChI is InChI=1S/C12H15F3/c1-3-9(2)8-10-4-6-11(7-5-10)12(13,14)15/h4-7,9H,3,8H2,1-2H3/t9-/m1/s1. The Kier molecular flexibility index (Phi) is 3.77. The predicted molar refractivity (Wildman–Crippen MR) is 54.6 cm³/mol. The Morgan fingerprint density at radius 3 is 2.07 bits per heavy atom. The fourth-order valence-electron chi connectivity index (χ4n) is 1.38. The Balaban J connectivity index is 2.73. The zero-order chi connectivity index (χ0) is 11.5. The maximum Gasteiger partial charge on any atom is 0.416 e. The summed E-state index contributed by atoms with van der Waals surface area (Å²) >= 11 is 0. The highest BCUT2D eigenvalue weighted by Crippen LogP contribution is 2.29. The van der Waals surface area contributed by atoms with Gasteiger partial charge in [0.05, 0.1) is 5.56 Å². The lowest BCUT2D eigenvalue weighted by Crippen LogP contribution is -2.05. The first-order chi connectivity index (χ1) is 6.93. The quantitative estimate of drug-likeness (QED) is 0.706. The Morgan fingerprint density at radius 2 is 1.67 bits per heavy atom. The summed E-state index contributed by atoms with van der Waals surface area (Å²) in [6.07, 6.45) is -2.34. The molecule has 0 spiro atoms. The summed E-state index contributed by atoms with van der Waals surface area (Å²) in [5.74, 6) is 0.515. The molecule has 0 nitrogen and oxygen atoms in total. The highest BCUT2D eigenvalue weighted by molar-refractivity contribution is 5.24. The smallest absolute Gasteiger partial charge is 0.166 e. The number of benzene rings is 1. The van der Waals surface area contributed by atoms with Gasteiger partial charge in [-0.05, 0) is 30.0 Å². The van der Waals surface area contributed by atoms with Crippen LogP contribution in [0.3, 0.4) is 0 Å². The van der Waals surface area contributed by atoms with E-state index in [0.29, 0.717) is 5.92 Å². The van der Waals surface area contributed by atoms with Crippen molar-refractivity contribution in [3.63, 3.8) is 0 Å². The third-order valence-corrected chi connectivity index (χ3v) is 2.56. The lowest BCUT2D eigenvalue weighted by Gasteiger charge is -2.10. The third kappa shape index (κ3) is 3.57. The van der Waals surface area contributed by atoms with E-state index in [0.717, 1.165) is 30.5 Å². The van der Waals surface area contributed by atoms with E-state index < -0.39 is 11.7 Å². The number of halogens is 3. The van der Waals surface area contributed by atoms with Crippen molar-refractivity contribution in [2.45, 2.75) is 32.9 Å². The second-order valence-electron chi connectivity index (χ2n) is 3.91. The molecule has 0 unspecified atom stereocenters. The van der Waals surface area contributed by atoms with Crippen LogP contribution in [0.2, 0.25) is 0 Å². The van der Waals surface area contributed by atoms with Gasteiger partial charge < -0.3 is 0 Å². The van der Waals surface area contributed by atoms with Gasteiger partial charge in [-0.2, -0.15) is 13.2 Å². The summed E-state index contributed by atoms with van der Waals surface area (Å²) in [5.41, 5.74) is 0.396. The lowest BCUT2D eigenvalue weighted by atomic mass is 9.98. The van der Waals surface area contributed by atoms with Crippen LogP contribution in [0.25, 0.3) is 0 Å². The first kappa shape index (κ1) is 12.1. The van der Waals surface area contributed by atoms with Gasteiger partial charge in [-0.1, -0.05) is 32.4 Å². The second-order valence-corrected chi connectivity index (χ2v) is 3.91. The zero-order valence-corrected chi connectivity index (χ0v) is 8.93. The summed E-state index contributed by atoms with van der Waals surface area (Å²) in [6, 6.07) is 5.43. The van der Waals surface area contributed by atoms with Gasteiger partial charge in [0.15, 0.2) is 0 Å². The molecule has 0 aliphatic carbocycles. The van der Waals surface area contributed by atoms with Crippen LogP contribution in [-0.4, -0.2) is 0 Å². The topological polar surface area (TPSA) is 0 Å². The van der Waals surface area contributed by atoms with E-state index in [2.05, 4.69) is 13.8 Å². The fourth-order valence-corrected chi connectivity index (χ4v) is 1.38. The molecule has 0 N–H and O–H groups in total. The molecule has 0 fully saturated rings. The number of hydrogen-bond acceptors (Lipinski definition) is 0. The fraction of sp³-hybridized carbons (Fsp3) is 0.500. The third-order valence-electron chi connectivity index (χ3n) is 2.56. The van der Waals surface area contributed by atoms with Crippen LogP contribution in [0.5, 0.6) is 0 Å². The van der Waals surface area contributed by atoms with Gasteiger partial charge in [-0.15, -0.1) is 0 Å². The highest BCUT2D eigenvalue weighted by Gasteiger charge is 2.29. The van der Waals surface area contributed by atoms with E-state index in [1.165, 1.54) is 0 Å². The number of hydrogen-bond donors (Lipinski definition) is 0. The first-order valence-electron chi connectivity index (χ1n) is 5.09. The molecule has 84 valence electrons. The summed E-state index contributed by atoms with van der Waals surface area (Å²) in [4.78, 5) is 0. The first-order valence-corrected chi connectivity index (χ1v) is 5.09. The van der Waals surface area contributed by atoms with Gasteiger partial charge in [0.2, 0.25) is 0 Å². The average Bonchev–Trinajstić information content (AvgIpc) is 2.17. The molecule has 15 heavy (non-hydrogen) atoms. The van der Waals surface area contributed by atoms with Crippen molar-refractivity contribution < 1.29 is 13.2 Å². The Bertz CT molecular complexity index is 298. The van der Waals surface area contributed by atoms with Gasteiger partial charge in [0, 0.05) is 0 Å². The monoisotopic (exact) mass is 216 g/mol. The van der Waals surface area contributed by atoms with Crippen LogP contribution in [0.1, 0.15) is 31.4 Å². The average molecular weight is 216 g/mol. The van der Waals surface area contributed by atoms with E-state index >= 15 is 0 Å². The van der Waals surface area contributed by atoms with E-state index in [-0.39, 0.29) is 0 Å². The molecule has 1 aromatic rings. The summed E-state index contributed by atoms with van der Waals surface area (Å²) in [7, 11) is 0. The van der Waals surface area contributed by atoms with Gasteiger partial charge in [0.1, 0.15) is 0 Å². The Hall–Kier alpha value is -0.990. The molecule has 0 aliphatic rings. The normalized spacial score (nSPS) is 13.9. The Labute approximate surface area is 88.1 Å². The second kappa shape index (κ2) is 4.69. The molecule has 1 aromatic carbocycles. The zero-order valence-electron chi connectivity index (χ0n) is 8.93. The molecule has 0 saturated carbocycles. The van der Waals surface area contributed by atoms with Crippen LogP contribution in [0.4, 0.5) is 13.2 Å². The van der Waals surface area contributed by atoms with Gasteiger partial charge in [-0.3, -0.25) is 0 Å². The van der Waals surface area contributed by atoms with Crippen LogP contribution in [-0.2, 0) is 12.6 Å². The van der Waals surface area contributed by atoms with Crippen LogP contribution < -0.4 is 0 Å². The van der Waals surface area contributed by atoms with Crippen molar-refractivity contribution in [1.29, 1.82) is 0 Å². The molecule has 0 heterocycles. The summed E-state index contributed by atoms with van der Waals surface area (Å²) in [5, 5.41) is 0. The molecular weight excluding hydrogens is 201 g/mol. The molecule has 0 aliphatic heterocycles. The predicted octanol–water partition coefficient (Wildman–Crippen LogP) is 4.29. The van der Waals surface area contributed by atoms with Gasteiger partial charge in [0.25, 0.3) is 0 Å². The highest BCUT2D eigenvalue weighted by atomic mass is 19.4. The number of rotatable bonds is 3.